The number of alkyl halides is 3. The molecule has 3 rings (SSSR count). The van der Waals surface area contributed by atoms with Crippen LogP contribution in [0.1, 0.15) is 32.0 Å². The van der Waals surface area contributed by atoms with E-state index in [1.807, 2.05) is 32.9 Å². The second-order valence-corrected chi connectivity index (χ2v) is 9.42. The predicted molar refractivity (Wildman–Crippen MR) is 108 cm³/mol. The van der Waals surface area contributed by atoms with Crippen molar-refractivity contribution in [3.63, 3.8) is 0 Å². The number of aromatic nitrogens is 2. The second-order valence-electron chi connectivity index (χ2n) is 7.10. The number of rotatable bonds is 4. The van der Waals surface area contributed by atoms with Gasteiger partial charge in [0.1, 0.15) is 9.54 Å². The molecular weight excluding hydrogens is 473 g/mol. The van der Waals surface area contributed by atoms with Crippen molar-refractivity contribution in [2.24, 2.45) is 0 Å². The van der Waals surface area contributed by atoms with Gasteiger partial charge < -0.3 is 10.1 Å². The molecule has 0 unspecified atom stereocenters. The van der Waals surface area contributed by atoms with Crippen molar-refractivity contribution in [2.45, 2.75) is 32.4 Å². The number of anilines is 2. The van der Waals surface area contributed by atoms with Gasteiger partial charge in [-0.05, 0) is 33.5 Å². The second kappa shape index (κ2) is 7.91. The largest absolute Gasteiger partial charge is 0.439 e. The van der Waals surface area contributed by atoms with Crippen LogP contribution in [0.3, 0.4) is 0 Å². The van der Waals surface area contributed by atoms with Crippen LogP contribution in [0, 0.1) is 5.95 Å². The molecule has 0 atom stereocenters. The van der Waals surface area contributed by atoms with Gasteiger partial charge in [-0.1, -0.05) is 50.3 Å². The number of hydrogen-bond acceptors (Lipinski definition) is 5. The molecule has 1 N–H and O–H groups in total. The summed E-state index contributed by atoms with van der Waals surface area (Å²) in [5, 5.41) is 2.40. The van der Waals surface area contributed by atoms with Crippen LogP contribution in [-0.4, -0.2) is 9.97 Å². The quantitative estimate of drug-likeness (QED) is 0.309. The highest BCUT2D eigenvalue weighted by Gasteiger charge is 2.37. The molecule has 0 aliphatic rings. The van der Waals surface area contributed by atoms with Crippen molar-refractivity contribution in [1.82, 2.24) is 9.97 Å². The van der Waals surface area contributed by atoms with Crippen molar-refractivity contribution in [1.29, 1.82) is 0 Å². The number of thiazole rings is 1. The molecule has 29 heavy (non-hydrogen) atoms. The fraction of sp³-hybridized carbons (Fsp3) is 0.263. The Hall–Kier alpha value is -2.20. The van der Waals surface area contributed by atoms with Gasteiger partial charge in [0.25, 0.3) is 0 Å². The topological polar surface area (TPSA) is 47.0 Å². The Morgan fingerprint density at radius 1 is 1.03 bits per heavy atom. The van der Waals surface area contributed by atoms with E-state index in [1.54, 1.807) is 12.1 Å². The van der Waals surface area contributed by atoms with E-state index in [-0.39, 0.29) is 25.9 Å². The zero-order valence-corrected chi connectivity index (χ0v) is 18.0. The maximum absolute atomic E-state index is 14.4. The summed E-state index contributed by atoms with van der Waals surface area (Å²) in [5.74, 6) is -0.344. The lowest BCUT2D eigenvalue weighted by molar-refractivity contribution is -0.141. The fourth-order valence-electron chi connectivity index (χ4n) is 2.50. The number of benzene rings is 1. The van der Waals surface area contributed by atoms with Crippen LogP contribution >= 0.6 is 27.3 Å². The van der Waals surface area contributed by atoms with Gasteiger partial charge in [-0.15, -0.1) is 0 Å². The summed E-state index contributed by atoms with van der Waals surface area (Å²) in [6, 6.07) is 10.1. The Morgan fingerprint density at radius 2 is 1.72 bits per heavy atom. The Morgan fingerprint density at radius 3 is 2.31 bits per heavy atom. The Labute approximate surface area is 177 Å². The summed E-state index contributed by atoms with van der Waals surface area (Å²) in [5.41, 5.74) is -0.448. The Bertz CT molecular complexity index is 1030. The monoisotopic (exact) mass is 488 g/mol. The van der Waals surface area contributed by atoms with Crippen LogP contribution < -0.4 is 10.1 Å². The third-order valence-corrected chi connectivity index (χ3v) is 5.45. The number of nitrogens with zero attached hydrogens (tertiary/aromatic N) is 2. The molecule has 2 aromatic heterocycles. The van der Waals surface area contributed by atoms with Crippen LogP contribution in [0.15, 0.2) is 40.2 Å². The molecule has 0 saturated heterocycles. The van der Waals surface area contributed by atoms with Gasteiger partial charge >= 0.3 is 6.18 Å². The molecule has 0 saturated carbocycles. The first-order valence-electron chi connectivity index (χ1n) is 8.39. The number of pyridine rings is 1. The van der Waals surface area contributed by atoms with Crippen molar-refractivity contribution in [2.75, 3.05) is 5.32 Å². The van der Waals surface area contributed by atoms with E-state index in [1.165, 1.54) is 12.1 Å². The molecule has 154 valence electrons. The summed E-state index contributed by atoms with van der Waals surface area (Å²) in [6.07, 6.45) is -4.61. The molecule has 0 fully saturated rings. The zero-order valence-electron chi connectivity index (χ0n) is 15.6. The fourth-order valence-corrected chi connectivity index (χ4v) is 4.00. The lowest BCUT2D eigenvalue weighted by atomic mass is 9.86. The van der Waals surface area contributed by atoms with Gasteiger partial charge in [0, 0.05) is 11.6 Å². The van der Waals surface area contributed by atoms with E-state index < -0.39 is 17.8 Å². The maximum Gasteiger partial charge on any atom is 0.435 e. The molecule has 2 heterocycles. The maximum atomic E-state index is 14.4. The van der Waals surface area contributed by atoms with Gasteiger partial charge in [0.05, 0.1) is 5.69 Å². The molecule has 4 nitrogen and oxygen atoms in total. The van der Waals surface area contributed by atoms with Crippen LogP contribution in [0.4, 0.5) is 28.4 Å². The Balaban J connectivity index is 1.82. The first-order chi connectivity index (χ1) is 13.4. The van der Waals surface area contributed by atoms with Gasteiger partial charge in [-0.25, -0.2) is 4.98 Å². The molecule has 3 aromatic rings. The number of hydrogen-bond donors (Lipinski definition) is 1. The molecule has 1 aromatic carbocycles. The molecular formula is C19H16BrF4N3OS. The van der Waals surface area contributed by atoms with Crippen LogP contribution in [0.25, 0.3) is 0 Å². The Kier molecular flexibility index (Phi) is 5.86. The predicted octanol–water partition coefficient (Wildman–Crippen LogP) is 7.29. The average Bonchev–Trinajstić information content (AvgIpc) is 2.98. The molecule has 0 bridgehead atoms. The SMILES string of the molecule is CC(C)(C)c1ccccc1Oc1ccc(Nc2nc(C(F)(F)F)c(Br)s2)c([18F])n1. The van der Waals surface area contributed by atoms with Crippen molar-refractivity contribution < 1.29 is 22.3 Å². The zero-order chi connectivity index (χ0) is 21.4. The molecule has 10 heteroatoms. The highest BCUT2D eigenvalue weighted by Crippen LogP contribution is 2.40. The summed E-state index contributed by atoms with van der Waals surface area (Å²) in [7, 11) is 0. The first-order valence-corrected chi connectivity index (χ1v) is 10.0. The molecule has 0 aliphatic carbocycles. The number of halogens is 5. The standard InChI is InChI=1S/C19H16BrF4N3OS/c1-18(2,3)10-6-4-5-7-12(10)28-13-9-8-11(16(21)26-13)25-17-27-14(15(20)29-17)19(22,23)24/h4-9H,1-3H3,(H,25,27)/i21-1. The summed E-state index contributed by atoms with van der Waals surface area (Å²) < 4.78 is 58.5. The van der Waals surface area contributed by atoms with Gasteiger partial charge in [-0.2, -0.15) is 22.5 Å². The van der Waals surface area contributed by atoms with Crippen LogP contribution in [-0.2, 0) is 11.6 Å². The van der Waals surface area contributed by atoms with E-state index in [2.05, 4.69) is 31.2 Å². The van der Waals surface area contributed by atoms with E-state index in [9.17, 15) is 17.6 Å². The average molecular weight is 489 g/mol. The van der Waals surface area contributed by atoms with Crippen molar-refractivity contribution in [3.8, 4) is 11.6 Å². The normalized spacial score (nSPS) is 12.1. The van der Waals surface area contributed by atoms with Crippen molar-refractivity contribution in [3.05, 3.63) is 57.4 Å². The van der Waals surface area contributed by atoms with Gasteiger partial charge in [0.15, 0.2) is 10.8 Å². The smallest absolute Gasteiger partial charge is 0.435 e. The summed E-state index contributed by atoms with van der Waals surface area (Å²) >= 11 is 3.53. The summed E-state index contributed by atoms with van der Waals surface area (Å²) in [6.45, 7) is 6.08. The van der Waals surface area contributed by atoms with E-state index in [4.69, 9.17) is 4.74 Å². The molecule has 0 amide bonds. The van der Waals surface area contributed by atoms with Crippen LogP contribution in [0.5, 0.6) is 11.6 Å². The third-order valence-electron chi connectivity index (χ3n) is 3.83. The number of ether oxygens (including phenoxy) is 1. The van der Waals surface area contributed by atoms with Crippen molar-refractivity contribution >= 4 is 38.1 Å². The van der Waals surface area contributed by atoms with Gasteiger partial charge in [-0.3, -0.25) is 0 Å². The molecule has 0 aliphatic heterocycles. The lowest BCUT2D eigenvalue weighted by Gasteiger charge is -2.22. The third kappa shape index (κ3) is 5.05. The first kappa shape index (κ1) is 21.5. The minimum absolute atomic E-state index is 0.0287. The lowest BCUT2D eigenvalue weighted by Crippen LogP contribution is -2.12. The van der Waals surface area contributed by atoms with Crippen LogP contribution in [0.2, 0.25) is 0 Å². The summed E-state index contributed by atoms with van der Waals surface area (Å²) in [4.78, 5) is 7.21. The number of para-hydroxylation sites is 1. The molecule has 0 radical (unpaired) electrons. The highest BCUT2D eigenvalue weighted by atomic mass is 79.9. The molecule has 0 spiro atoms. The number of nitrogens with one attached hydrogen (secondary N) is 1. The van der Waals surface area contributed by atoms with E-state index >= 15 is 0 Å². The van der Waals surface area contributed by atoms with E-state index in [0.29, 0.717) is 17.1 Å². The van der Waals surface area contributed by atoms with E-state index in [0.717, 1.165) is 5.56 Å². The minimum atomic E-state index is -4.61. The minimum Gasteiger partial charge on any atom is -0.439 e. The van der Waals surface area contributed by atoms with Gasteiger partial charge in [0.2, 0.25) is 11.8 Å². The highest BCUT2D eigenvalue weighted by molar-refractivity contribution is 9.11.